The molecule has 5 nitrogen and oxygen atoms in total. The molecule has 0 saturated carbocycles. The Labute approximate surface area is 161 Å². The van der Waals surface area contributed by atoms with Crippen LogP contribution in [0.15, 0.2) is 49.0 Å². The van der Waals surface area contributed by atoms with E-state index in [4.69, 9.17) is 0 Å². The normalized spacial score (nSPS) is 16.0. The van der Waals surface area contributed by atoms with Crippen LogP contribution >= 0.6 is 0 Å². The minimum absolute atomic E-state index is 0.0645. The molecule has 1 aliphatic carbocycles. The molecule has 5 heteroatoms. The number of allylic oxidation sites excluding steroid dienone is 3. The van der Waals surface area contributed by atoms with Gasteiger partial charge in [-0.2, -0.15) is 0 Å². The monoisotopic (exact) mass is 367 g/mol. The van der Waals surface area contributed by atoms with Crippen LogP contribution < -0.4 is 5.32 Å². The minimum atomic E-state index is 0.0645. The van der Waals surface area contributed by atoms with Crippen LogP contribution in [-0.2, 0) is 6.54 Å². The van der Waals surface area contributed by atoms with E-state index >= 15 is 0 Å². The topological polar surface area (TPSA) is 78.3 Å². The average molecular weight is 367 g/mol. The van der Waals surface area contributed by atoms with Crippen molar-refractivity contribution in [2.24, 2.45) is 0 Å². The van der Waals surface area contributed by atoms with Crippen LogP contribution in [0.1, 0.15) is 55.7 Å². The third-order valence-corrected chi connectivity index (χ3v) is 4.60. The van der Waals surface area contributed by atoms with Crippen LogP contribution in [0.4, 0.5) is 5.82 Å². The fraction of sp³-hybridized carbons (Fsp3) is 0.364. The van der Waals surface area contributed by atoms with E-state index in [0.29, 0.717) is 17.9 Å². The molecule has 3 rings (SSSR count). The standard InChI is InChI=1S/C19H23N3O2.C3H6/c1-12-4-3-5-14(8-12)18-16(23)9-13(2)15(19(18)24)10-22-17-11-20-6-7-21-17;1-3-2/h6-9,11,14,23-24H,3-5,10H2,1-2H3,(H,21,22);3H,1H2,2H3. The number of aryl methyl sites for hydroxylation is 1. The molecular weight excluding hydrogens is 338 g/mol. The maximum absolute atomic E-state index is 10.8. The zero-order valence-corrected chi connectivity index (χ0v) is 16.4. The number of nitrogens with one attached hydrogen (secondary N) is 1. The number of phenols is 2. The molecule has 2 aromatic rings. The summed E-state index contributed by atoms with van der Waals surface area (Å²) < 4.78 is 0. The maximum Gasteiger partial charge on any atom is 0.144 e. The van der Waals surface area contributed by atoms with E-state index in [-0.39, 0.29) is 17.4 Å². The molecule has 0 spiro atoms. The highest BCUT2D eigenvalue weighted by molar-refractivity contribution is 5.56. The summed E-state index contributed by atoms with van der Waals surface area (Å²) in [6.07, 6.45) is 11.9. The summed E-state index contributed by atoms with van der Waals surface area (Å²) in [6.45, 7) is 9.67. The molecule has 1 aromatic heterocycles. The van der Waals surface area contributed by atoms with Gasteiger partial charge in [0.2, 0.25) is 0 Å². The molecule has 0 amide bonds. The lowest BCUT2D eigenvalue weighted by Crippen LogP contribution is -2.08. The van der Waals surface area contributed by atoms with Crippen molar-refractivity contribution in [3.63, 3.8) is 0 Å². The highest BCUT2D eigenvalue weighted by atomic mass is 16.3. The van der Waals surface area contributed by atoms with Gasteiger partial charge < -0.3 is 15.5 Å². The fourth-order valence-electron chi connectivity index (χ4n) is 3.34. The average Bonchev–Trinajstić information content (AvgIpc) is 2.63. The first-order chi connectivity index (χ1) is 13.0. The number of anilines is 1. The van der Waals surface area contributed by atoms with Gasteiger partial charge in [0.25, 0.3) is 0 Å². The van der Waals surface area contributed by atoms with Crippen molar-refractivity contribution in [1.82, 2.24) is 9.97 Å². The third-order valence-electron chi connectivity index (χ3n) is 4.60. The van der Waals surface area contributed by atoms with E-state index in [1.165, 1.54) is 5.57 Å². The van der Waals surface area contributed by atoms with Gasteiger partial charge in [-0.25, -0.2) is 4.98 Å². The first-order valence-electron chi connectivity index (χ1n) is 9.26. The van der Waals surface area contributed by atoms with Crippen molar-refractivity contribution in [3.05, 3.63) is 65.7 Å². The van der Waals surface area contributed by atoms with Crippen LogP contribution in [0.25, 0.3) is 0 Å². The van der Waals surface area contributed by atoms with Gasteiger partial charge in [-0.05, 0) is 51.7 Å². The number of benzene rings is 1. The van der Waals surface area contributed by atoms with Crippen LogP contribution in [0.2, 0.25) is 0 Å². The molecule has 0 aliphatic heterocycles. The van der Waals surface area contributed by atoms with E-state index in [2.05, 4.69) is 34.9 Å². The second-order valence-corrected chi connectivity index (χ2v) is 6.82. The van der Waals surface area contributed by atoms with Gasteiger partial charge in [0.15, 0.2) is 0 Å². The number of rotatable bonds is 4. The van der Waals surface area contributed by atoms with Gasteiger partial charge in [-0.15, -0.1) is 6.58 Å². The first-order valence-corrected chi connectivity index (χ1v) is 9.26. The molecule has 1 heterocycles. The van der Waals surface area contributed by atoms with Crippen molar-refractivity contribution in [2.45, 2.75) is 52.5 Å². The second kappa shape index (κ2) is 9.76. The van der Waals surface area contributed by atoms with Gasteiger partial charge in [-0.1, -0.05) is 17.7 Å². The Morgan fingerprint density at radius 1 is 1.30 bits per heavy atom. The van der Waals surface area contributed by atoms with Gasteiger partial charge in [0, 0.05) is 36.0 Å². The van der Waals surface area contributed by atoms with Crippen molar-refractivity contribution >= 4 is 5.82 Å². The number of phenolic OH excluding ortho intramolecular Hbond substituents is 2. The summed E-state index contributed by atoms with van der Waals surface area (Å²) in [5, 5.41) is 24.4. The minimum Gasteiger partial charge on any atom is -0.507 e. The zero-order chi connectivity index (χ0) is 19.8. The Kier molecular flexibility index (Phi) is 7.41. The molecule has 1 unspecified atom stereocenters. The summed E-state index contributed by atoms with van der Waals surface area (Å²) >= 11 is 0. The fourth-order valence-corrected chi connectivity index (χ4v) is 3.34. The lowest BCUT2D eigenvalue weighted by atomic mass is 9.83. The lowest BCUT2D eigenvalue weighted by Gasteiger charge is -2.24. The molecule has 0 bridgehead atoms. The quantitative estimate of drug-likeness (QED) is 0.646. The molecule has 27 heavy (non-hydrogen) atoms. The van der Waals surface area contributed by atoms with Gasteiger partial charge >= 0.3 is 0 Å². The second-order valence-electron chi connectivity index (χ2n) is 6.82. The number of aromatic nitrogens is 2. The smallest absolute Gasteiger partial charge is 0.144 e. The van der Waals surface area contributed by atoms with Crippen LogP contribution in [0.5, 0.6) is 11.5 Å². The van der Waals surface area contributed by atoms with E-state index in [0.717, 1.165) is 30.4 Å². The first kappa shape index (κ1) is 20.5. The predicted octanol–water partition coefficient (Wildman–Crippen LogP) is 5.21. The number of nitrogens with zero attached hydrogens (tertiary/aromatic N) is 2. The van der Waals surface area contributed by atoms with E-state index < -0.39 is 0 Å². The van der Waals surface area contributed by atoms with Crippen molar-refractivity contribution in [1.29, 1.82) is 0 Å². The largest absolute Gasteiger partial charge is 0.507 e. The van der Waals surface area contributed by atoms with Gasteiger partial charge in [-0.3, -0.25) is 4.98 Å². The number of aromatic hydroxyl groups is 2. The Morgan fingerprint density at radius 2 is 2.04 bits per heavy atom. The molecule has 1 aromatic carbocycles. The van der Waals surface area contributed by atoms with Crippen LogP contribution in [0, 0.1) is 6.92 Å². The zero-order valence-electron chi connectivity index (χ0n) is 16.4. The molecule has 0 saturated heterocycles. The molecular formula is C22H29N3O2. The summed E-state index contributed by atoms with van der Waals surface area (Å²) in [5.41, 5.74) is 3.58. The SMILES string of the molecule is C=CC.CC1=CC(c2c(O)cc(C)c(CNc3cnccn3)c2O)CCC1. The Balaban J connectivity index is 0.000000817. The summed E-state index contributed by atoms with van der Waals surface area (Å²) in [6, 6.07) is 1.74. The summed E-state index contributed by atoms with van der Waals surface area (Å²) in [7, 11) is 0. The highest BCUT2D eigenvalue weighted by Gasteiger charge is 2.23. The Bertz CT molecular complexity index is 801. The third kappa shape index (κ3) is 5.33. The summed E-state index contributed by atoms with van der Waals surface area (Å²) in [4.78, 5) is 8.20. The molecule has 0 radical (unpaired) electrons. The van der Waals surface area contributed by atoms with Crippen molar-refractivity contribution in [3.8, 4) is 11.5 Å². The Morgan fingerprint density at radius 3 is 2.67 bits per heavy atom. The summed E-state index contributed by atoms with van der Waals surface area (Å²) in [5.74, 6) is 1.07. The molecule has 3 N–H and O–H groups in total. The van der Waals surface area contributed by atoms with Gasteiger partial charge in [0.1, 0.15) is 17.3 Å². The van der Waals surface area contributed by atoms with Gasteiger partial charge in [0.05, 0.1) is 6.20 Å². The van der Waals surface area contributed by atoms with E-state index in [1.54, 1.807) is 30.7 Å². The maximum atomic E-state index is 10.8. The van der Waals surface area contributed by atoms with Crippen LogP contribution in [-0.4, -0.2) is 20.2 Å². The van der Waals surface area contributed by atoms with Crippen LogP contribution in [0.3, 0.4) is 0 Å². The lowest BCUT2D eigenvalue weighted by molar-refractivity contribution is 0.424. The highest BCUT2D eigenvalue weighted by Crippen LogP contribution is 2.43. The van der Waals surface area contributed by atoms with E-state index in [1.807, 2.05) is 13.8 Å². The van der Waals surface area contributed by atoms with E-state index in [9.17, 15) is 10.2 Å². The molecule has 1 aliphatic rings. The predicted molar refractivity (Wildman–Crippen MR) is 110 cm³/mol. The number of hydrogen-bond acceptors (Lipinski definition) is 5. The van der Waals surface area contributed by atoms with Crippen molar-refractivity contribution < 1.29 is 10.2 Å². The Hall–Kier alpha value is -2.82. The molecule has 1 atom stereocenters. The number of hydrogen-bond donors (Lipinski definition) is 3. The van der Waals surface area contributed by atoms with Crippen molar-refractivity contribution in [2.75, 3.05) is 5.32 Å². The molecule has 0 fully saturated rings. The molecule has 144 valence electrons.